The van der Waals surface area contributed by atoms with E-state index < -0.39 is 0 Å². The molecule has 0 radical (unpaired) electrons. The number of benzene rings is 1. The van der Waals surface area contributed by atoms with Crippen LogP contribution in [-0.2, 0) is 22.6 Å². The van der Waals surface area contributed by atoms with Gasteiger partial charge in [0.1, 0.15) is 17.0 Å². The van der Waals surface area contributed by atoms with Crippen molar-refractivity contribution in [1.82, 2.24) is 25.3 Å². The molecule has 0 N–H and O–H groups in total. The van der Waals surface area contributed by atoms with E-state index in [2.05, 4.69) is 25.3 Å². The molecule has 0 atom stereocenters. The van der Waals surface area contributed by atoms with Crippen LogP contribution in [0.5, 0.6) is 0 Å². The van der Waals surface area contributed by atoms with Crippen molar-refractivity contribution < 1.29 is 18.5 Å². The van der Waals surface area contributed by atoms with E-state index in [1.807, 2.05) is 50.4 Å². The molecule has 4 rings (SSSR count). The fourth-order valence-electron chi connectivity index (χ4n) is 3.43. The van der Waals surface area contributed by atoms with Gasteiger partial charge in [-0.3, -0.25) is 4.79 Å². The van der Waals surface area contributed by atoms with Crippen molar-refractivity contribution in [2.45, 2.75) is 45.4 Å². The lowest BCUT2D eigenvalue weighted by Crippen LogP contribution is -2.09. The molecule has 0 bridgehead atoms. The average molecular weight is 466 g/mol. The van der Waals surface area contributed by atoms with Gasteiger partial charge in [0.2, 0.25) is 0 Å². The van der Waals surface area contributed by atoms with Crippen molar-refractivity contribution >= 4 is 17.7 Å². The summed E-state index contributed by atoms with van der Waals surface area (Å²) >= 11 is 1.49. The number of nitrogens with zero attached hydrogens (tertiary/aromatic N) is 5. The van der Waals surface area contributed by atoms with Crippen molar-refractivity contribution in [2.75, 3.05) is 6.26 Å². The fraction of sp³-hybridized carbons (Fsp3) is 0.304. The molecule has 0 fully saturated rings. The van der Waals surface area contributed by atoms with E-state index in [9.17, 15) is 4.79 Å². The van der Waals surface area contributed by atoms with E-state index >= 15 is 0 Å². The van der Waals surface area contributed by atoms with Crippen molar-refractivity contribution in [1.29, 1.82) is 0 Å². The van der Waals surface area contributed by atoms with Gasteiger partial charge in [0.25, 0.3) is 11.8 Å². The first-order valence-electron chi connectivity index (χ1n) is 10.3. The van der Waals surface area contributed by atoms with Crippen LogP contribution in [0.1, 0.15) is 35.0 Å². The Kier molecular flexibility index (Phi) is 6.83. The molecule has 9 nitrogen and oxygen atoms in total. The number of rotatable bonds is 8. The summed E-state index contributed by atoms with van der Waals surface area (Å²) in [5.41, 5.74) is 4.81. The zero-order valence-electron chi connectivity index (χ0n) is 18.8. The predicted molar refractivity (Wildman–Crippen MR) is 121 cm³/mol. The van der Waals surface area contributed by atoms with Gasteiger partial charge in [0.05, 0.1) is 0 Å². The van der Waals surface area contributed by atoms with Crippen LogP contribution in [0.2, 0.25) is 0 Å². The summed E-state index contributed by atoms with van der Waals surface area (Å²) in [4.78, 5) is 21.2. The second-order valence-corrected chi connectivity index (χ2v) is 8.12. The standard InChI is InChI=1S/C23H23N5O4S/c1-13-17(14(2)25-23(24-13)33-4)10-11-19(29)30-12-18-26-27-22(31-18)20-15(3)32-28-21(20)16-8-6-5-7-9-16/h5-9H,10-12H2,1-4H3. The second-order valence-electron chi connectivity index (χ2n) is 7.35. The largest absolute Gasteiger partial charge is 0.456 e. The monoisotopic (exact) mass is 465 g/mol. The normalized spacial score (nSPS) is 11.0. The van der Waals surface area contributed by atoms with Crippen LogP contribution < -0.4 is 0 Å². The van der Waals surface area contributed by atoms with E-state index in [0.717, 1.165) is 27.7 Å². The number of carbonyl (C=O) groups is 1. The minimum Gasteiger partial charge on any atom is -0.456 e. The van der Waals surface area contributed by atoms with E-state index in [1.54, 1.807) is 6.92 Å². The minimum atomic E-state index is -0.367. The van der Waals surface area contributed by atoms with Crippen LogP contribution in [0.25, 0.3) is 22.7 Å². The molecule has 0 aliphatic rings. The van der Waals surface area contributed by atoms with Crippen molar-refractivity contribution in [3.05, 3.63) is 58.9 Å². The number of ether oxygens (including phenoxy) is 1. The molecule has 0 aliphatic heterocycles. The molecule has 10 heteroatoms. The lowest BCUT2D eigenvalue weighted by Gasteiger charge is -2.09. The number of hydrogen-bond acceptors (Lipinski definition) is 10. The molecule has 0 aliphatic carbocycles. The number of carbonyl (C=O) groups excluding carboxylic acids is 1. The van der Waals surface area contributed by atoms with Gasteiger partial charge in [-0.05, 0) is 39.0 Å². The molecule has 33 heavy (non-hydrogen) atoms. The maximum absolute atomic E-state index is 12.3. The molecule has 0 saturated heterocycles. The highest BCUT2D eigenvalue weighted by Gasteiger charge is 2.22. The zero-order valence-corrected chi connectivity index (χ0v) is 19.6. The Bertz CT molecular complexity index is 1250. The Morgan fingerprint density at radius 1 is 1.06 bits per heavy atom. The Labute approximate surface area is 195 Å². The number of aromatic nitrogens is 5. The molecule has 0 unspecified atom stereocenters. The smallest absolute Gasteiger partial charge is 0.306 e. The maximum Gasteiger partial charge on any atom is 0.306 e. The molecular weight excluding hydrogens is 442 g/mol. The highest BCUT2D eigenvalue weighted by Crippen LogP contribution is 2.33. The molecule has 170 valence electrons. The average Bonchev–Trinajstić information content (AvgIpc) is 3.43. The van der Waals surface area contributed by atoms with Crippen LogP contribution >= 0.6 is 11.8 Å². The zero-order chi connectivity index (χ0) is 23.4. The Balaban J connectivity index is 1.39. The van der Waals surface area contributed by atoms with Gasteiger partial charge in [0.15, 0.2) is 11.8 Å². The van der Waals surface area contributed by atoms with Crippen LogP contribution in [-0.4, -0.2) is 37.5 Å². The maximum atomic E-state index is 12.3. The van der Waals surface area contributed by atoms with E-state index in [4.69, 9.17) is 13.7 Å². The third kappa shape index (κ3) is 5.11. The first-order chi connectivity index (χ1) is 16.0. The summed E-state index contributed by atoms with van der Waals surface area (Å²) in [5, 5.41) is 12.9. The summed E-state index contributed by atoms with van der Waals surface area (Å²) in [5.74, 6) is 0.643. The van der Waals surface area contributed by atoms with Gasteiger partial charge in [-0.25, -0.2) is 9.97 Å². The Hall–Kier alpha value is -3.53. The summed E-state index contributed by atoms with van der Waals surface area (Å²) < 4.78 is 16.4. The third-order valence-corrected chi connectivity index (χ3v) is 5.66. The third-order valence-electron chi connectivity index (χ3n) is 5.11. The molecule has 0 saturated carbocycles. The molecule has 3 aromatic heterocycles. The van der Waals surface area contributed by atoms with Crippen molar-refractivity contribution in [2.24, 2.45) is 0 Å². The quantitative estimate of drug-likeness (QED) is 0.209. The van der Waals surface area contributed by atoms with Gasteiger partial charge in [-0.1, -0.05) is 47.3 Å². The second kappa shape index (κ2) is 9.95. The minimum absolute atomic E-state index is 0.114. The number of aryl methyl sites for hydroxylation is 3. The topological polar surface area (TPSA) is 117 Å². The molecule has 0 spiro atoms. The number of esters is 1. The Morgan fingerprint density at radius 3 is 2.48 bits per heavy atom. The molecule has 3 heterocycles. The molecule has 0 amide bonds. The molecular formula is C23H23N5O4S. The SMILES string of the molecule is CSc1nc(C)c(CCC(=O)OCc2nnc(-c3c(-c4ccccc4)noc3C)o2)c(C)n1. The number of thioether (sulfide) groups is 1. The van der Waals surface area contributed by atoms with Crippen molar-refractivity contribution in [3.63, 3.8) is 0 Å². The highest BCUT2D eigenvalue weighted by atomic mass is 32.2. The van der Waals surface area contributed by atoms with Crippen LogP contribution in [0, 0.1) is 20.8 Å². The summed E-state index contributed by atoms with van der Waals surface area (Å²) in [6.45, 7) is 5.51. The lowest BCUT2D eigenvalue weighted by molar-refractivity contribution is -0.145. The number of hydrogen-bond donors (Lipinski definition) is 0. The first-order valence-corrected chi connectivity index (χ1v) is 11.6. The van der Waals surface area contributed by atoms with E-state index in [-0.39, 0.29) is 30.8 Å². The van der Waals surface area contributed by atoms with Crippen LogP contribution in [0.15, 0.2) is 44.4 Å². The Morgan fingerprint density at radius 2 is 1.79 bits per heavy atom. The summed E-state index contributed by atoms with van der Waals surface area (Å²) in [7, 11) is 0. The van der Waals surface area contributed by atoms with Gasteiger partial charge in [-0.15, -0.1) is 10.2 Å². The lowest BCUT2D eigenvalue weighted by atomic mass is 10.1. The first kappa shape index (κ1) is 22.7. The van der Waals surface area contributed by atoms with Crippen LogP contribution in [0.3, 0.4) is 0 Å². The highest BCUT2D eigenvalue weighted by molar-refractivity contribution is 7.98. The van der Waals surface area contributed by atoms with Gasteiger partial charge in [0, 0.05) is 23.4 Å². The molecule has 4 aromatic rings. The summed E-state index contributed by atoms with van der Waals surface area (Å²) in [6, 6.07) is 9.58. The van der Waals surface area contributed by atoms with Crippen LogP contribution in [0.4, 0.5) is 0 Å². The van der Waals surface area contributed by atoms with Crippen molar-refractivity contribution in [3.8, 4) is 22.7 Å². The van der Waals surface area contributed by atoms with E-state index in [1.165, 1.54) is 11.8 Å². The van der Waals surface area contributed by atoms with Gasteiger partial charge < -0.3 is 13.7 Å². The van der Waals surface area contributed by atoms with Gasteiger partial charge >= 0.3 is 5.97 Å². The fourth-order valence-corrected chi connectivity index (χ4v) is 3.89. The van der Waals surface area contributed by atoms with E-state index in [0.29, 0.717) is 23.4 Å². The summed E-state index contributed by atoms with van der Waals surface area (Å²) in [6.07, 6.45) is 2.63. The molecule has 1 aromatic carbocycles. The van der Waals surface area contributed by atoms with Gasteiger partial charge in [-0.2, -0.15) is 0 Å². The predicted octanol–water partition coefficient (Wildman–Crippen LogP) is 4.50.